The molecule has 2 atom stereocenters. The highest BCUT2D eigenvalue weighted by Gasteiger charge is 2.43. The van der Waals surface area contributed by atoms with E-state index in [2.05, 4.69) is 18.7 Å². The van der Waals surface area contributed by atoms with Crippen LogP contribution in [0.4, 0.5) is 0 Å². The third kappa shape index (κ3) is 4.30. The second-order valence-corrected chi connectivity index (χ2v) is 11.4. The molecule has 1 aromatic rings. The van der Waals surface area contributed by atoms with Crippen LogP contribution in [-0.2, 0) is 14.8 Å². The molecule has 3 aliphatic rings. The number of likely N-dealkylation sites (tertiary alicyclic amines) is 1. The minimum Gasteiger partial charge on any atom is -0.373 e. The third-order valence-electron chi connectivity index (χ3n) is 6.58. The van der Waals surface area contributed by atoms with Crippen molar-refractivity contribution in [2.45, 2.75) is 63.7 Å². The normalized spacial score (nSPS) is 26.6. The van der Waals surface area contributed by atoms with Gasteiger partial charge in [-0.15, -0.1) is 0 Å². The summed E-state index contributed by atoms with van der Waals surface area (Å²) in [5.41, 5.74) is 0.461. The molecule has 0 bridgehead atoms. The number of piperidine rings is 1. The Bertz CT molecular complexity index is 991. The molecule has 176 valence electrons. The Labute approximate surface area is 190 Å². The number of fused-ring (bicyclic) bond motifs is 1. The highest BCUT2D eigenvalue weighted by Crippen LogP contribution is 2.33. The molecule has 0 saturated carbocycles. The van der Waals surface area contributed by atoms with Crippen LogP contribution >= 0.6 is 0 Å². The van der Waals surface area contributed by atoms with Crippen molar-refractivity contribution < 1.29 is 22.7 Å². The van der Waals surface area contributed by atoms with Gasteiger partial charge < -0.3 is 9.64 Å². The van der Waals surface area contributed by atoms with Crippen LogP contribution in [0.2, 0.25) is 0 Å². The number of hydrogen-bond donors (Lipinski definition) is 0. The van der Waals surface area contributed by atoms with Crippen LogP contribution in [0.5, 0.6) is 0 Å². The predicted octanol–water partition coefficient (Wildman–Crippen LogP) is 2.20. The number of hydrogen-bond acceptors (Lipinski definition) is 6. The zero-order chi connectivity index (χ0) is 23.2. The third-order valence-corrected chi connectivity index (χ3v) is 8.58. The first-order valence-electron chi connectivity index (χ1n) is 11.5. The topological polar surface area (TPSA) is 87.2 Å². The van der Waals surface area contributed by atoms with E-state index < -0.39 is 22.0 Å². The molecule has 1 aromatic carbocycles. The van der Waals surface area contributed by atoms with Crippen LogP contribution in [0.1, 0.15) is 61.3 Å². The first-order valence-corrected chi connectivity index (χ1v) is 12.9. The van der Waals surface area contributed by atoms with Gasteiger partial charge >= 0.3 is 0 Å². The van der Waals surface area contributed by atoms with Gasteiger partial charge in [-0.3, -0.25) is 14.5 Å². The van der Waals surface area contributed by atoms with Crippen LogP contribution in [-0.4, -0.2) is 85.3 Å². The lowest BCUT2D eigenvalue weighted by molar-refractivity contribution is -0.0728. The van der Waals surface area contributed by atoms with Crippen LogP contribution in [0.3, 0.4) is 0 Å². The van der Waals surface area contributed by atoms with Crippen LogP contribution < -0.4 is 0 Å². The highest BCUT2D eigenvalue weighted by atomic mass is 32.2. The van der Waals surface area contributed by atoms with Crippen LogP contribution in [0.25, 0.3) is 0 Å². The van der Waals surface area contributed by atoms with Crippen molar-refractivity contribution in [2.24, 2.45) is 5.92 Å². The van der Waals surface area contributed by atoms with Crippen molar-refractivity contribution in [3.05, 3.63) is 29.3 Å². The fraction of sp³-hybridized carbons (Fsp3) is 0.652. The lowest BCUT2D eigenvalue weighted by Crippen LogP contribution is -2.48. The largest absolute Gasteiger partial charge is 0.373 e. The molecule has 0 aromatic heterocycles. The molecule has 32 heavy (non-hydrogen) atoms. The number of sulfonamides is 1. The Hall–Kier alpha value is -1.97. The monoisotopic (exact) mass is 463 g/mol. The van der Waals surface area contributed by atoms with Gasteiger partial charge in [0.2, 0.25) is 0 Å². The van der Waals surface area contributed by atoms with Crippen molar-refractivity contribution in [3.63, 3.8) is 0 Å². The van der Waals surface area contributed by atoms with Crippen LogP contribution in [0.15, 0.2) is 23.1 Å². The maximum atomic E-state index is 13.1. The maximum absolute atomic E-state index is 13.1. The van der Waals surface area contributed by atoms with E-state index in [-0.39, 0.29) is 28.6 Å². The molecule has 4 rings (SSSR count). The van der Waals surface area contributed by atoms with E-state index in [1.54, 1.807) is 24.8 Å². The summed E-state index contributed by atoms with van der Waals surface area (Å²) in [6.07, 6.45) is 2.34. The van der Waals surface area contributed by atoms with E-state index >= 15 is 0 Å². The van der Waals surface area contributed by atoms with E-state index in [4.69, 9.17) is 4.74 Å². The van der Waals surface area contributed by atoms with Crippen molar-refractivity contribution in [2.75, 3.05) is 32.7 Å². The van der Waals surface area contributed by atoms with E-state index in [1.807, 2.05) is 0 Å². The lowest BCUT2D eigenvalue weighted by Gasteiger charge is -2.39. The standard InChI is InChI=1S/C23H33N3O5S/c1-15(2)26-23(28)20-6-5-19(11-21(20)32(26,29)30)22(27)25-9-7-18(8-10-25)14-24-12-16(3)31-17(4)13-24/h5-6,11,15-18H,7-10,12-14H2,1-4H3. The van der Waals surface area contributed by atoms with Gasteiger partial charge in [0.05, 0.1) is 17.8 Å². The molecule has 0 spiro atoms. The lowest BCUT2D eigenvalue weighted by atomic mass is 9.95. The number of carbonyl (C=O) groups excluding carboxylic acids is 2. The molecule has 2 unspecified atom stereocenters. The summed E-state index contributed by atoms with van der Waals surface area (Å²) in [4.78, 5) is 29.8. The Morgan fingerprint density at radius 1 is 1.12 bits per heavy atom. The summed E-state index contributed by atoms with van der Waals surface area (Å²) in [6, 6.07) is 3.94. The number of morpholine rings is 1. The van der Waals surface area contributed by atoms with Crippen molar-refractivity contribution in [1.82, 2.24) is 14.1 Å². The van der Waals surface area contributed by atoms with Gasteiger partial charge in [0.25, 0.3) is 21.8 Å². The number of benzene rings is 1. The fourth-order valence-corrected chi connectivity index (χ4v) is 6.98. The molecule has 2 fully saturated rings. The number of carbonyl (C=O) groups is 2. The van der Waals surface area contributed by atoms with E-state index in [0.717, 1.165) is 36.8 Å². The number of ether oxygens (including phenoxy) is 1. The van der Waals surface area contributed by atoms with Gasteiger partial charge in [-0.25, -0.2) is 12.7 Å². The van der Waals surface area contributed by atoms with E-state index in [9.17, 15) is 18.0 Å². The van der Waals surface area contributed by atoms with Gasteiger partial charge in [-0.05, 0) is 64.7 Å². The zero-order valence-corrected chi connectivity index (χ0v) is 20.1. The average Bonchev–Trinajstić information content (AvgIpc) is 2.92. The van der Waals surface area contributed by atoms with Gasteiger partial charge in [0.1, 0.15) is 4.90 Å². The fourth-order valence-electron chi connectivity index (χ4n) is 5.19. The second kappa shape index (κ2) is 8.76. The van der Waals surface area contributed by atoms with Crippen molar-refractivity contribution in [1.29, 1.82) is 0 Å². The quantitative estimate of drug-likeness (QED) is 0.680. The minimum absolute atomic E-state index is 0.0625. The second-order valence-electron chi connectivity index (χ2n) is 9.62. The molecule has 3 aliphatic heterocycles. The summed E-state index contributed by atoms with van der Waals surface area (Å²) in [7, 11) is -3.92. The Morgan fingerprint density at radius 3 is 2.34 bits per heavy atom. The SMILES string of the molecule is CC1CN(CC2CCN(C(=O)c3ccc4c(c3)S(=O)(=O)N(C(C)C)C4=O)CC2)CC(C)O1. The molecular formula is C23H33N3O5S. The summed E-state index contributed by atoms with van der Waals surface area (Å²) < 4.78 is 32.4. The predicted molar refractivity (Wildman–Crippen MR) is 120 cm³/mol. The van der Waals surface area contributed by atoms with Gasteiger partial charge in [-0.1, -0.05) is 0 Å². The average molecular weight is 464 g/mol. The summed E-state index contributed by atoms with van der Waals surface area (Å²) in [6.45, 7) is 11.7. The first kappa shape index (κ1) is 23.2. The summed E-state index contributed by atoms with van der Waals surface area (Å²) >= 11 is 0. The Kier molecular flexibility index (Phi) is 6.35. The van der Waals surface area contributed by atoms with Crippen molar-refractivity contribution in [3.8, 4) is 0 Å². The minimum atomic E-state index is -3.92. The number of amides is 2. The first-order chi connectivity index (χ1) is 15.1. The molecule has 2 amide bonds. The Morgan fingerprint density at radius 2 is 1.75 bits per heavy atom. The van der Waals surface area contributed by atoms with Crippen molar-refractivity contribution >= 4 is 21.8 Å². The molecule has 2 saturated heterocycles. The maximum Gasteiger partial charge on any atom is 0.269 e. The van der Waals surface area contributed by atoms with E-state index in [1.165, 1.54) is 12.1 Å². The molecule has 3 heterocycles. The number of nitrogens with zero attached hydrogens (tertiary/aromatic N) is 3. The summed E-state index contributed by atoms with van der Waals surface area (Å²) in [5.74, 6) is -0.166. The molecule has 0 aliphatic carbocycles. The molecule has 8 nitrogen and oxygen atoms in total. The van der Waals surface area contributed by atoms with Gasteiger partial charge in [-0.2, -0.15) is 0 Å². The molecule has 0 radical (unpaired) electrons. The van der Waals surface area contributed by atoms with Crippen LogP contribution in [0, 0.1) is 5.92 Å². The zero-order valence-electron chi connectivity index (χ0n) is 19.3. The highest BCUT2D eigenvalue weighted by molar-refractivity contribution is 7.90. The number of rotatable bonds is 4. The van der Waals surface area contributed by atoms with Gasteiger partial charge in [0.15, 0.2) is 0 Å². The molecule has 0 N–H and O–H groups in total. The molecule has 9 heteroatoms. The molecular weight excluding hydrogens is 430 g/mol. The Balaban J connectivity index is 1.41. The summed E-state index contributed by atoms with van der Waals surface area (Å²) in [5, 5.41) is 0. The smallest absolute Gasteiger partial charge is 0.269 e. The van der Waals surface area contributed by atoms with Gasteiger partial charge in [0, 0.05) is 44.3 Å². The van der Waals surface area contributed by atoms with E-state index in [0.29, 0.717) is 24.6 Å².